The number of hydrogen-bond acceptors (Lipinski definition) is 5. The number of nitrogens with zero attached hydrogens (tertiary/aromatic N) is 2. The molecule has 0 saturated carbocycles. The van der Waals surface area contributed by atoms with Crippen LogP contribution in [0.5, 0.6) is 0 Å². The maximum Gasteiger partial charge on any atom is 0.408 e. The lowest BCUT2D eigenvalue weighted by Gasteiger charge is -2.43. The van der Waals surface area contributed by atoms with Crippen LogP contribution in [0.25, 0.3) is 11.1 Å². The molecule has 0 unspecified atom stereocenters. The summed E-state index contributed by atoms with van der Waals surface area (Å²) in [4.78, 5) is 43.5. The molecule has 46 heavy (non-hydrogen) atoms. The van der Waals surface area contributed by atoms with E-state index in [1.807, 2.05) is 72.8 Å². The van der Waals surface area contributed by atoms with Gasteiger partial charge in [0.2, 0.25) is 5.91 Å². The summed E-state index contributed by atoms with van der Waals surface area (Å²) in [6, 6.07) is 36.0. The molecule has 2 amide bonds. The standard InChI is InChI=1S/C38H39N3O5/c42-35(43)19-22-41(26-29-13-5-2-6-14-29)36(44)38(20-23-40(24-21-38)25-28-11-3-1-4-12-28)39-37(45)46-27-34-32-17-9-7-15-30(32)31-16-8-10-18-33(31)34/h1-18,34H,19-27H2,(H,39,45)(H,42,43). The molecule has 1 aliphatic carbocycles. The van der Waals surface area contributed by atoms with Crippen molar-refractivity contribution in [2.45, 2.75) is 43.8 Å². The number of nitrogens with one attached hydrogen (secondary N) is 1. The fraction of sp³-hybridized carbons (Fsp3) is 0.289. The van der Waals surface area contributed by atoms with E-state index in [0.29, 0.717) is 25.9 Å². The van der Waals surface area contributed by atoms with Crippen LogP contribution in [0.4, 0.5) is 4.79 Å². The number of carbonyl (C=O) groups is 3. The van der Waals surface area contributed by atoms with Crippen LogP contribution in [0.2, 0.25) is 0 Å². The number of aliphatic carboxylic acids is 1. The molecule has 0 bridgehead atoms. The van der Waals surface area contributed by atoms with E-state index in [4.69, 9.17) is 4.74 Å². The molecule has 4 aromatic carbocycles. The highest BCUT2D eigenvalue weighted by atomic mass is 16.5. The maximum atomic E-state index is 14.5. The van der Waals surface area contributed by atoms with Crippen molar-refractivity contribution in [3.63, 3.8) is 0 Å². The van der Waals surface area contributed by atoms with Gasteiger partial charge in [0.25, 0.3) is 0 Å². The molecular formula is C38H39N3O5. The monoisotopic (exact) mass is 617 g/mol. The van der Waals surface area contributed by atoms with Crippen molar-refractivity contribution in [3.8, 4) is 11.1 Å². The zero-order valence-electron chi connectivity index (χ0n) is 25.8. The van der Waals surface area contributed by atoms with E-state index in [0.717, 1.165) is 34.4 Å². The van der Waals surface area contributed by atoms with Crippen molar-refractivity contribution in [2.24, 2.45) is 0 Å². The van der Waals surface area contributed by atoms with Crippen LogP contribution in [0.1, 0.15) is 47.4 Å². The van der Waals surface area contributed by atoms with Gasteiger partial charge in [0.1, 0.15) is 12.1 Å². The number of benzene rings is 4. The number of amides is 2. The van der Waals surface area contributed by atoms with E-state index in [1.54, 1.807) is 4.90 Å². The highest BCUT2D eigenvalue weighted by Gasteiger charge is 2.45. The summed E-state index contributed by atoms with van der Waals surface area (Å²) < 4.78 is 5.91. The van der Waals surface area contributed by atoms with Crippen molar-refractivity contribution >= 4 is 18.0 Å². The number of fused-ring (bicyclic) bond motifs is 3. The van der Waals surface area contributed by atoms with Crippen molar-refractivity contribution in [2.75, 3.05) is 26.2 Å². The van der Waals surface area contributed by atoms with Crippen LogP contribution in [0.3, 0.4) is 0 Å². The molecule has 2 N–H and O–H groups in total. The topological polar surface area (TPSA) is 99.2 Å². The summed E-state index contributed by atoms with van der Waals surface area (Å²) in [5.41, 5.74) is 5.33. The molecule has 1 fully saturated rings. The van der Waals surface area contributed by atoms with Crippen LogP contribution in [0, 0.1) is 0 Å². The SMILES string of the molecule is O=C(O)CCN(Cc1ccccc1)C(=O)C1(NC(=O)OCC2c3ccccc3-c3ccccc32)CCN(Cc2ccccc2)CC1. The second kappa shape index (κ2) is 14.0. The Labute approximate surface area is 269 Å². The Balaban J connectivity index is 1.21. The summed E-state index contributed by atoms with van der Waals surface area (Å²) in [6.07, 6.45) is -0.0908. The first kappa shape index (κ1) is 31.0. The van der Waals surface area contributed by atoms with Gasteiger partial charge >= 0.3 is 12.1 Å². The zero-order chi connectivity index (χ0) is 31.9. The summed E-state index contributed by atoms with van der Waals surface area (Å²) in [6.45, 7) is 2.32. The molecule has 0 spiro atoms. The van der Waals surface area contributed by atoms with Crippen molar-refractivity contribution in [1.82, 2.24) is 15.1 Å². The van der Waals surface area contributed by atoms with E-state index < -0.39 is 17.6 Å². The Bertz CT molecular complexity index is 1620. The number of piperidine rings is 1. The second-order valence-electron chi connectivity index (χ2n) is 12.2. The van der Waals surface area contributed by atoms with Crippen LogP contribution >= 0.6 is 0 Å². The molecule has 2 aliphatic rings. The number of alkyl carbamates (subject to hydrolysis) is 1. The Morgan fingerprint density at radius 1 is 0.783 bits per heavy atom. The number of carboxylic acid groups (broad SMARTS) is 1. The maximum absolute atomic E-state index is 14.5. The zero-order valence-corrected chi connectivity index (χ0v) is 25.8. The van der Waals surface area contributed by atoms with Crippen LogP contribution in [-0.4, -0.2) is 64.7 Å². The summed E-state index contributed by atoms with van der Waals surface area (Å²) >= 11 is 0. The molecule has 0 radical (unpaired) electrons. The normalized spacial score (nSPS) is 15.4. The molecule has 1 saturated heterocycles. The number of carboxylic acids is 1. The lowest BCUT2D eigenvalue weighted by atomic mass is 9.85. The minimum atomic E-state index is -1.23. The third-order valence-corrected chi connectivity index (χ3v) is 9.15. The van der Waals surface area contributed by atoms with Gasteiger partial charge in [0.15, 0.2) is 0 Å². The Morgan fingerprint density at radius 2 is 1.33 bits per heavy atom. The first-order valence-electron chi connectivity index (χ1n) is 15.9. The Kier molecular flexibility index (Phi) is 9.45. The van der Waals surface area contributed by atoms with Crippen LogP contribution < -0.4 is 5.32 Å². The van der Waals surface area contributed by atoms with Gasteiger partial charge in [-0.15, -0.1) is 0 Å². The van der Waals surface area contributed by atoms with Crippen molar-refractivity contribution in [1.29, 1.82) is 0 Å². The molecule has 1 aliphatic heterocycles. The van der Waals surface area contributed by atoms with E-state index in [-0.39, 0.29) is 37.9 Å². The number of hydrogen-bond donors (Lipinski definition) is 2. The van der Waals surface area contributed by atoms with Gasteiger partial charge in [-0.25, -0.2) is 4.79 Å². The largest absolute Gasteiger partial charge is 0.481 e. The average molecular weight is 618 g/mol. The van der Waals surface area contributed by atoms with Gasteiger partial charge in [-0.1, -0.05) is 109 Å². The molecule has 0 atom stereocenters. The fourth-order valence-corrected chi connectivity index (χ4v) is 6.75. The number of rotatable bonds is 11. The third kappa shape index (κ3) is 6.97. The molecule has 8 nitrogen and oxygen atoms in total. The van der Waals surface area contributed by atoms with Gasteiger partial charge in [0, 0.05) is 38.6 Å². The quantitative estimate of drug-likeness (QED) is 0.212. The minimum absolute atomic E-state index is 0.0326. The molecule has 4 aromatic rings. The Morgan fingerprint density at radius 3 is 1.91 bits per heavy atom. The fourth-order valence-electron chi connectivity index (χ4n) is 6.75. The van der Waals surface area contributed by atoms with Crippen molar-refractivity contribution < 1.29 is 24.2 Å². The molecule has 0 aromatic heterocycles. The highest BCUT2D eigenvalue weighted by molar-refractivity contribution is 5.90. The van der Waals surface area contributed by atoms with Gasteiger partial charge in [0.05, 0.1) is 6.42 Å². The summed E-state index contributed by atoms with van der Waals surface area (Å²) in [5, 5.41) is 12.5. The molecule has 6 rings (SSSR count). The first-order chi connectivity index (χ1) is 22.4. The lowest BCUT2D eigenvalue weighted by molar-refractivity contribution is -0.143. The Hall–Kier alpha value is -4.95. The van der Waals surface area contributed by atoms with Gasteiger partial charge in [-0.3, -0.25) is 14.5 Å². The number of likely N-dealkylation sites (tertiary alicyclic amines) is 1. The third-order valence-electron chi connectivity index (χ3n) is 9.15. The predicted octanol–water partition coefficient (Wildman–Crippen LogP) is 6.06. The van der Waals surface area contributed by atoms with E-state index in [2.05, 4.69) is 46.6 Å². The predicted molar refractivity (Wildman–Crippen MR) is 176 cm³/mol. The van der Waals surface area contributed by atoms with Gasteiger partial charge < -0.3 is 20.1 Å². The van der Waals surface area contributed by atoms with Crippen molar-refractivity contribution in [3.05, 3.63) is 131 Å². The molecule has 1 heterocycles. The van der Waals surface area contributed by atoms with E-state index in [9.17, 15) is 19.5 Å². The van der Waals surface area contributed by atoms with Crippen LogP contribution in [-0.2, 0) is 27.4 Å². The average Bonchev–Trinajstić information content (AvgIpc) is 3.40. The highest BCUT2D eigenvalue weighted by Crippen LogP contribution is 2.44. The minimum Gasteiger partial charge on any atom is -0.481 e. The second-order valence-corrected chi connectivity index (χ2v) is 12.2. The molecule has 8 heteroatoms. The number of carbonyl (C=O) groups excluding carboxylic acids is 2. The van der Waals surface area contributed by atoms with Crippen LogP contribution in [0.15, 0.2) is 109 Å². The molecule has 236 valence electrons. The number of ether oxygens (including phenoxy) is 1. The van der Waals surface area contributed by atoms with Gasteiger partial charge in [-0.2, -0.15) is 0 Å². The molecular weight excluding hydrogens is 578 g/mol. The first-order valence-corrected chi connectivity index (χ1v) is 15.9. The lowest BCUT2D eigenvalue weighted by Crippen LogP contribution is -2.64. The summed E-state index contributed by atoms with van der Waals surface area (Å²) in [5.74, 6) is -1.38. The van der Waals surface area contributed by atoms with Gasteiger partial charge in [-0.05, 0) is 46.2 Å². The summed E-state index contributed by atoms with van der Waals surface area (Å²) in [7, 11) is 0. The smallest absolute Gasteiger partial charge is 0.408 e. The van der Waals surface area contributed by atoms with E-state index in [1.165, 1.54) is 5.56 Å². The van der Waals surface area contributed by atoms with E-state index >= 15 is 0 Å².